The highest BCUT2D eigenvalue weighted by Gasteiger charge is 2.27. The minimum absolute atomic E-state index is 0.0541. The molecule has 11 nitrogen and oxygen atoms in total. The van der Waals surface area contributed by atoms with Crippen molar-refractivity contribution < 1.29 is 23.9 Å². The number of nitro benzene ring substituents is 1. The first-order chi connectivity index (χ1) is 18.2. The van der Waals surface area contributed by atoms with Crippen molar-refractivity contribution in [3.05, 3.63) is 66.7 Å². The van der Waals surface area contributed by atoms with Crippen LogP contribution in [0, 0.1) is 10.1 Å². The van der Waals surface area contributed by atoms with E-state index >= 15 is 0 Å². The molecule has 0 saturated carbocycles. The van der Waals surface area contributed by atoms with E-state index < -0.39 is 22.7 Å². The predicted octanol–water partition coefficient (Wildman–Crippen LogP) is 5.02. The topological polar surface area (TPSA) is 135 Å². The molecule has 38 heavy (non-hydrogen) atoms. The lowest BCUT2D eigenvalue weighted by atomic mass is 10.1. The second-order valence-electron chi connectivity index (χ2n) is 8.22. The van der Waals surface area contributed by atoms with E-state index in [-0.39, 0.29) is 30.3 Å². The van der Waals surface area contributed by atoms with E-state index in [2.05, 4.69) is 26.0 Å². The number of halogens is 1. The summed E-state index contributed by atoms with van der Waals surface area (Å²) in [4.78, 5) is 41.3. The van der Waals surface area contributed by atoms with Crippen LogP contribution in [0.2, 0.25) is 0 Å². The highest BCUT2D eigenvalue weighted by molar-refractivity contribution is 9.10. The Hall–Kier alpha value is -3.80. The van der Waals surface area contributed by atoms with Crippen LogP contribution in [-0.2, 0) is 16.0 Å². The van der Waals surface area contributed by atoms with Crippen LogP contribution in [0.4, 0.5) is 5.69 Å². The average molecular weight is 589 g/mol. The molecule has 0 aliphatic heterocycles. The van der Waals surface area contributed by atoms with Gasteiger partial charge in [0, 0.05) is 22.5 Å². The summed E-state index contributed by atoms with van der Waals surface area (Å²) in [6, 6.07) is 7.98. The van der Waals surface area contributed by atoms with Gasteiger partial charge < -0.3 is 14.2 Å². The molecular formula is C26H29BrN4O7. The second-order valence-corrected chi connectivity index (χ2v) is 9.14. The van der Waals surface area contributed by atoms with E-state index in [0.29, 0.717) is 28.7 Å². The Morgan fingerprint density at radius 1 is 1.24 bits per heavy atom. The summed E-state index contributed by atoms with van der Waals surface area (Å²) >= 11 is 3.38. The number of benzene rings is 2. The Morgan fingerprint density at radius 2 is 2.00 bits per heavy atom. The van der Waals surface area contributed by atoms with Crippen LogP contribution in [0.3, 0.4) is 0 Å². The van der Waals surface area contributed by atoms with Gasteiger partial charge in [0.05, 0.1) is 35.3 Å². The van der Waals surface area contributed by atoms with Crippen molar-refractivity contribution in [1.82, 2.24) is 9.66 Å². The maximum absolute atomic E-state index is 13.3. The number of aryl methyl sites for hydroxylation is 1. The number of hydrogen-bond acceptors (Lipinski definition) is 9. The molecule has 0 fully saturated rings. The van der Waals surface area contributed by atoms with Gasteiger partial charge in [-0.25, -0.2) is 9.78 Å². The molecule has 0 aliphatic rings. The molecule has 1 atom stereocenters. The maximum atomic E-state index is 13.3. The predicted molar refractivity (Wildman–Crippen MR) is 146 cm³/mol. The van der Waals surface area contributed by atoms with Crippen molar-refractivity contribution in [1.29, 1.82) is 0 Å². The zero-order valence-electron chi connectivity index (χ0n) is 21.6. The number of hydrogen-bond donors (Lipinski definition) is 0. The average Bonchev–Trinajstić information content (AvgIpc) is 2.88. The Kier molecular flexibility index (Phi) is 9.94. The van der Waals surface area contributed by atoms with Crippen molar-refractivity contribution in [2.45, 2.75) is 53.1 Å². The first kappa shape index (κ1) is 28.8. The lowest BCUT2D eigenvalue weighted by Gasteiger charge is -2.17. The number of carbonyl (C=O) groups excluding carboxylic acids is 1. The third-order valence-electron chi connectivity index (χ3n) is 5.42. The van der Waals surface area contributed by atoms with Gasteiger partial charge in [-0.05, 0) is 51.5 Å². The van der Waals surface area contributed by atoms with E-state index in [1.165, 1.54) is 29.9 Å². The van der Waals surface area contributed by atoms with Crippen LogP contribution in [0.15, 0.2) is 44.7 Å². The van der Waals surface area contributed by atoms with Crippen LogP contribution in [0.1, 0.15) is 51.9 Å². The van der Waals surface area contributed by atoms with E-state index in [9.17, 15) is 19.7 Å². The van der Waals surface area contributed by atoms with Gasteiger partial charge in [0.2, 0.25) is 5.75 Å². The standard InChI is InChI=1S/C26H29BrN4O7/c1-5-8-9-23-29-20-11-10-18(27)14-19(20)25(32)30(23)28-15-17-12-21(31(34)35)24(22(13-17)36-6-2)38-16(4)26(33)37-7-3/h10-16H,5-9H2,1-4H3/t16-/m0/s1. The Bertz CT molecular complexity index is 1420. The third kappa shape index (κ3) is 6.74. The van der Waals surface area contributed by atoms with Gasteiger partial charge in [-0.3, -0.25) is 14.9 Å². The molecule has 0 saturated heterocycles. The normalized spacial score (nSPS) is 12.0. The number of esters is 1. The molecule has 0 aliphatic carbocycles. The van der Waals surface area contributed by atoms with Crippen molar-refractivity contribution in [3.8, 4) is 11.5 Å². The molecule has 202 valence electrons. The Labute approximate surface area is 227 Å². The first-order valence-corrected chi connectivity index (χ1v) is 13.0. The monoisotopic (exact) mass is 588 g/mol. The van der Waals surface area contributed by atoms with Crippen LogP contribution in [0.5, 0.6) is 11.5 Å². The van der Waals surface area contributed by atoms with Crippen LogP contribution < -0.4 is 15.0 Å². The second kappa shape index (κ2) is 13.1. The van der Waals surface area contributed by atoms with Gasteiger partial charge >= 0.3 is 11.7 Å². The van der Waals surface area contributed by atoms with Crippen molar-refractivity contribution >= 4 is 44.7 Å². The summed E-state index contributed by atoms with van der Waals surface area (Å²) in [6.07, 6.45) is 2.45. The fraction of sp³-hybridized carbons (Fsp3) is 0.385. The summed E-state index contributed by atoms with van der Waals surface area (Å²) in [5.41, 5.74) is 0.0651. The molecule has 2 aromatic carbocycles. The number of aromatic nitrogens is 2. The van der Waals surface area contributed by atoms with Gasteiger partial charge in [0.25, 0.3) is 5.56 Å². The number of rotatable bonds is 12. The summed E-state index contributed by atoms with van der Waals surface area (Å²) in [6.45, 7) is 7.15. The fourth-order valence-corrected chi connectivity index (χ4v) is 3.98. The molecule has 3 aromatic rings. The van der Waals surface area contributed by atoms with Gasteiger partial charge in [0.1, 0.15) is 5.82 Å². The summed E-state index contributed by atoms with van der Waals surface area (Å²) < 4.78 is 18.1. The molecule has 0 amide bonds. The SMILES string of the molecule is CCCCc1nc2ccc(Br)cc2c(=O)n1N=Cc1cc(OCC)c(O[C@@H](C)C(=O)OCC)c([N+](=O)[O-])c1. The van der Waals surface area contributed by atoms with Gasteiger partial charge in [-0.2, -0.15) is 9.78 Å². The number of unbranched alkanes of at least 4 members (excludes halogenated alkanes) is 1. The molecule has 0 N–H and O–H groups in total. The molecule has 3 rings (SSSR count). The molecule has 0 spiro atoms. The Balaban J connectivity index is 2.11. The summed E-state index contributed by atoms with van der Waals surface area (Å²) in [5.74, 6) is -0.332. The van der Waals surface area contributed by atoms with Crippen LogP contribution in [-0.4, -0.2) is 46.1 Å². The van der Waals surface area contributed by atoms with Crippen molar-refractivity contribution in [2.75, 3.05) is 13.2 Å². The lowest BCUT2D eigenvalue weighted by molar-refractivity contribution is -0.386. The van der Waals surface area contributed by atoms with Gasteiger partial charge in [-0.15, -0.1) is 0 Å². The summed E-state index contributed by atoms with van der Waals surface area (Å²) in [7, 11) is 0. The quantitative estimate of drug-likeness (QED) is 0.124. The minimum atomic E-state index is -1.10. The zero-order valence-corrected chi connectivity index (χ0v) is 23.2. The fourth-order valence-electron chi connectivity index (χ4n) is 3.62. The third-order valence-corrected chi connectivity index (χ3v) is 5.91. The molecule has 0 bridgehead atoms. The van der Waals surface area contributed by atoms with Crippen molar-refractivity contribution in [3.63, 3.8) is 0 Å². The van der Waals surface area contributed by atoms with Gasteiger partial charge in [0.15, 0.2) is 11.9 Å². The Morgan fingerprint density at radius 3 is 2.66 bits per heavy atom. The van der Waals surface area contributed by atoms with Gasteiger partial charge in [-0.1, -0.05) is 29.3 Å². The molecule has 0 radical (unpaired) electrons. The first-order valence-electron chi connectivity index (χ1n) is 12.2. The number of fused-ring (bicyclic) bond motifs is 1. The van der Waals surface area contributed by atoms with E-state index in [1.54, 1.807) is 26.0 Å². The molecular weight excluding hydrogens is 560 g/mol. The van der Waals surface area contributed by atoms with E-state index in [1.807, 2.05) is 13.0 Å². The molecule has 1 aromatic heterocycles. The van der Waals surface area contributed by atoms with Crippen LogP contribution >= 0.6 is 15.9 Å². The van der Waals surface area contributed by atoms with Crippen LogP contribution in [0.25, 0.3) is 10.9 Å². The largest absolute Gasteiger partial charge is 0.490 e. The minimum Gasteiger partial charge on any atom is -0.490 e. The zero-order chi connectivity index (χ0) is 27.8. The van der Waals surface area contributed by atoms with E-state index in [0.717, 1.165) is 17.3 Å². The highest BCUT2D eigenvalue weighted by Crippen LogP contribution is 2.39. The van der Waals surface area contributed by atoms with Crippen molar-refractivity contribution in [2.24, 2.45) is 5.10 Å². The number of carbonyl (C=O) groups is 1. The maximum Gasteiger partial charge on any atom is 0.347 e. The molecule has 12 heteroatoms. The smallest absolute Gasteiger partial charge is 0.347 e. The number of nitro groups is 1. The highest BCUT2D eigenvalue weighted by atomic mass is 79.9. The number of ether oxygens (including phenoxy) is 3. The number of nitrogens with zero attached hydrogens (tertiary/aromatic N) is 4. The lowest BCUT2D eigenvalue weighted by Crippen LogP contribution is -2.26. The summed E-state index contributed by atoms with van der Waals surface area (Å²) in [5, 5.41) is 16.7. The molecule has 1 heterocycles. The van der Waals surface area contributed by atoms with E-state index in [4.69, 9.17) is 14.2 Å². The molecule has 0 unspecified atom stereocenters.